The molecule has 1 atom stereocenters. The van der Waals surface area contributed by atoms with E-state index in [2.05, 4.69) is 16.5 Å². The molecule has 0 aliphatic heterocycles. The van der Waals surface area contributed by atoms with Gasteiger partial charge in [-0.25, -0.2) is 4.68 Å². The lowest BCUT2D eigenvalue weighted by Gasteiger charge is -2.16. The van der Waals surface area contributed by atoms with Crippen LogP contribution in [0.4, 0.5) is 0 Å². The first-order chi connectivity index (χ1) is 11.1. The van der Waals surface area contributed by atoms with Crippen LogP contribution >= 0.6 is 0 Å². The first kappa shape index (κ1) is 16.0. The van der Waals surface area contributed by atoms with Crippen LogP contribution in [0.25, 0.3) is 0 Å². The molecule has 0 fully saturated rings. The van der Waals surface area contributed by atoms with Crippen molar-refractivity contribution in [3.8, 4) is 0 Å². The maximum atomic E-state index is 12.3. The first-order valence-corrected chi connectivity index (χ1v) is 8.72. The Bertz CT molecular complexity index is 675. The number of nitrogens with zero attached hydrogens (tertiary/aromatic N) is 2. The maximum Gasteiger partial charge on any atom is 0.267 e. The molecular formula is C18H25N3O2. The van der Waals surface area contributed by atoms with Crippen molar-refractivity contribution in [3.63, 3.8) is 0 Å². The van der Waals surface area contributed by atoms with Crippen LogP contribution < -0.4 is 10.9 Å². The number of aryl methyl sites for hydroxylation is 2. The molecule has 1 heterocycles. The monoisotopic (exact) mass is 315 g/mol. The number of allylic oxidation sites excluding steroid dienone is 1. The second-order valence-electron chi connectivity index (χ2n) is 6.58. The topological polar surface area (TPSA) is 64.0 Å². The van der Waals surface area contributed by atoms with Crippen molar-refractivity contribution < 1.29 is 4.79 Å². The van der Waals surface area contributed by atoms with Gasteiger partial charge in [-0.2, -0.15) is 5.10 Å². The van der Waals surface area contributed by atoms with Gasteiger partial charge in [-0.05, 0) is 63.9 Å². The highest BCUT2D eigenvalue weighted by atomic mass is 16.2. The van der Waals surface area contributed by atoms with Crippen LogP contribution in [0, 0.1) is 0 Å². The average molecular weight is 315 g/mol. The average Bonchev–Trinajstić information content (AvgIpc) is 3.01. The van der Waals surface area contributed by atoms with Crippen molar-refractivity contribution >= 4 is 5.91 Å². The number of carbonyl (C=O) groups is 1. The van der Waals surface area contributed by atoms with E-state index >= 15 is 0 Å². The summed E-state index contributed by atoms with van der Waals surface area (Å²) in [6, 6.07) is 1.08. The third-order valence-electron chi connectivity index (χ3n) is 4.86. The largest absolute Gasteiger partial charge is 0.354 e. The van der Waals surface area contributed by atoms with E-state index in [0.29, 0.717) is 6.54 Å². The molecule has 5 nitrogen and oxygen atoms in total. The predicted molar refractivity (Wildman–Crippen MR) is 89.4 cm³/mol. The van der Waals surface area contributed by atoms with Crippen LogP contribution in [-0.2, 0) is 17.6 Å². The van der Waals surface area contributed by atoms with Crippen LogP contribution in [0.5, 0.6) is 0 Å². The highest BCUT2D eigenvalue weighted by Crippen LogP contribution is 2.20. The van der Waals surface area contributed by atoms with Crippen molar-refractivity contribution in [1.29, 1.82) is 0 Å². The Balaban J connectivity index is 1.59. The summed E-state index contributed by atoms with van der Waals surface area (Å²) in [5.74, 6) is -0.131. The summed E-state index contributed by atoms with van der Waals surface area (Å²) in [5.41, 5.74) is 3.28. The molecule has 0 radical (unpaired) electrons. The molecule has 1 amide bonds. The molecule has 0 saturated carbocycles. The van der Waals surface area contributed by atoms with Crippen LogP contribution in [0.15, 0.2) is 22.5 Å². The molecule has 2 aliphatic carbocycles. The summed E-state index contributed by atoms with van der Waals surface area (Å²) in [5, 5.41) is 7.35. The van der Waals surface area contributed by atoms with E-state index in [-0.39, 0.29) is 11.5 Å². The summed E-state index contributed by atoms with van der Waals surface area (Å²) in [7, 11) is 0. The van der Waals surface area contributed by atoms with Crippen LogP contribution in [-0.4, -0.2) is 22.2 Å². The SMILES string of the molecule is CC(C(=O)NCCC1=CCCCC1)n1nc2c(cc1=O)CCC2. The molecule has 1 aromatic heterocycles. The van der Waals surface area contributed by atoms with Gasteiger partial charge in [-0.3, -0.25) is 9.59 Å². The van der Waals surface area contributed by atoms with Gasteiger partial charge in [0.25, 0.3) is 5.56 Å². The Labute approximate surface area is 136 Å². The van der Waals surface area contributed by atoms with Gasteiger partial charge in [0.15, 0.2) is 0 Å². The van der Waals surface area contributed by atoms with Crippen molar-refractivity contribution in [1.82, 2.24) is 15.1 Å². The highest BCUT2D eigenvalue weighted by molar-refractivity contribution is 5.79. The summed E-state index contributed by atoms with van der Waals surface area (Å²) >= 11 is 0. The zero-order valence-electron chi connectivity index (χ0n) is 13.8. The molecule has 1 N–H and O–H groups in total. The molecule has 124 valence electrons. The lowest BCUT2D eigenvalue weighted by atomic mass is 9.97. The number of hydrogen-bond donors (Lipinski definition) is 1. The molecule has 0 aromatic carbocycles. The number of nitrogens with one attached hydrogen (secondary N) is 1. The second-order valence-corrected chi connectivity index (χ2v) is 6.58. The number of rotatable bonds is 5. The van der Waals surface area contributed by atoms with Crippen LogP contribution in [0.2, 0.25) is 0 Å². The van der Waals surface area contributed by atoms with Gasteiger partial charge in [0.1, 0.15) is 6.04 Å². The van der Waals surface area contributed by atoms with Crippen molar-refractivity contribution in [2.45, 2.75) is 64.3 Å². The Kier molecular flexibility index (Phi) is 4.94. The zero-order valence-corrected chi connectivity index (χ0v) is 13.8. The fourth-order valence-electron chi connectivity index (χ4n) is 3.43. The fourth-order valence-corrected chi connectivity index (χ4v) is 3.43. The molecule has 2 aliphatic rings. The standard InChI is InChI=1S/C18H25N3O2/c1-13(18(23)19-11-10-14-6-3-2-4-7-14)21-17(22)12-15-8-5-9-16(15)20-21/h6,12-13H,2-5,7-11H2,1H3,(H,19,23). The first-order valence-electron chi connectivity index (χ1n) is 8.72. The minimum absolute atomic E-state index is 0.131. The molecule has 1 aromatic rings. The Morgan fingerprint density at radius 1 is 1.30 bits per heavy atom. The van der Waals surface area contributed by atoms with Crippen LogP contribution in [0.1, 0.15) is 62.7 Å². The van der Waals surface area contributed by atoms with Gasteiger partial charge in [-0.1, -0.05) is 11.6 Å². The minimum Gasteiger partial charge on any atom is -0.354 e. The molecule has 3 rings (SSSR count). The fraction of sp³-hybridized carbons (Fsp3) is 0.611. The van der Waals surface area contributed by atoms with Gasteiger partial charge in [0.2, 0.25) is 5.91 Å². The number of carbonyl (C=O) groups excluding carboxylic acids is 1. The lowest BCUT2D eigenvalue weighted by molar-refractivity contribution is -0.124. The number of fused-ring (bicyclic) bond motifs is 1. The molecule has 5 heteroatoms. The molecular weight excluding hydrogens is 290 g/mol. The smallest absolute Gasteiger partial charge is 0.267 e. The third kappa shape index (κ3) is 3.71. The van der Waals surface area contributed by atoms with Gasteiger partial charge in [0, 0.05) is 12.6 Å². The highest BCUT2D eigenvalue weighted by Gasteiger charge is 2.21. The van der Waals surface area contributed by atoms with Gasteiger partial charge >= 0.3 is 0 Å². The molecule has 0 saturated heterocycles. The molecule has 0 bridgehead atoms. The van der Waals surface area contributed by atoms with E-state index in [4.69, 9.17) is 0 Å². The van der Waals surface area contributed by atoms with Crippen molar-refractivity contribution in [2.75, 3.05) is 6.54 Å². The second kappa shape index (κ2) is 7.11. The number of aromatic nitrogens is 2. The normalized spacial score (nSPS) is 18.2. The van der Waals surface area contributed by atoms with Crippen molar-refractivity contribution in [2.24, 2.45) is 0 Å². The summed E-state index contributed by atoms with van der Waals surface area (Å²) in [4.78, 5) is 24.5. The van der Waals surface area contributed by atoms with Crippen LogP contribution in [0.3, 0.4) is 0 Å². The number of hydrogen-bond acceptors (Lipinski definition) is 3. The Morgan fingerprint density at radius 3 is 2.96 bits per heavy atom. The summed E-state index contributed by atoms with van der Waals surface area (Å²) < 4.78 is 1.33. The van der Waals surface area contributed by atoms with E-state index < -0.39 is 6.04 Å². The number of amides is 1. The third-order valence-corrected chi connectivity index (χ3v) is 4.86. The quantitative estimate of drug-likeness (QED) is 0.848. The molecule has 1 unspecified atom stereocenters. The predicted octanol–water partition coefficient (Wildman–Crippen LogP) is 2.30. The van der Waals surface area contributed by atoms with Gasteiger partial charge in [-0.15, -0.1) is 0 Å². The van der Waals surface area contributed by atoms with Gasteiger partial charge in [0.05, 0.1) is 5.69 Å². The Morgan fingerprint density at radius 2 is 2.17 bits per heavy atom. The maximum absolute atomic E-state index is 12.3. The minimum atomic E-state index is -0.561. The zero-order chi connectivity index (χ0) is 16.2. The van der Waals surface area contributed by atoms with E-state index in [9.17, 15) is 9.59 Å². The molecule has 0 spiro atoms. The van der Waals surface area contributed by atoms with E-state index in [1.54, 1.807) is 13.0 Å². The van der Waals surface area contributed by atoms with E-state index in [1.807, 2.05) is 0 Å². The van der Waals surface area contributed by atoms with Gasteiger partial charge < -0.3 is 5.32 Å². The molecule has 23 heavy (non-hydrogen) atoms. The summed E-state index contributed by atoms with van der Waals surface area (Å²) in [6.45, 7) is 2.37. The van der Waals surface area contributed by atoms with Crippen molar-refractivity contribution in [3.05, 3.63) is 39.3 Å². The van der Waals surface area contributed by atoms with E-state index in [0.717, 1.165) is 49.8 Å². The van der Waals surface area contributed by atoms with E-state index in [1.165, 1.54) is 23.1 Å². The summed E-state index contributed by atoms with van der Waals surface area (Å²) in [6.07, 6.45) is 10.9. The Hall–Kier alpha value is -1.91. The lowest BCUT2D eigenvalue weighted by Crippen LogP contribution is -2.37.